The Morgan fingerprint density at radius 3 is 2.25 bits per heavy atom. The lowest BCUT2D eigenvalue weighted by molar-refractivity contribution is 0.481. The van der Waals surface area contributed by atoms with Gasteiger partial charge in [0.2, 0.25) is 0 Å². The normalized spacial score (nSPS) is 11.2. The Kier molecular flexibility index (Phi) is 4.31. The fraction of sp³-hybridized carbons (Fsp3) is 0.111. The summed E-state index contributed by atoms with van der Waals surface area (Å²) >= 11 is 0. The van der Waals surface area contributed by atoms with E-state index in [0.29, 0.717) is 11.4 Å². The molecule has 122 valence electrons. The Hall–Kier alpha value is -2.73. The maximum absolute atomic E-state index is 11.4. The molecule has 0 saturated carbocycles. The molecule has 0 spiro atoms. The molecule has 0 saturated heterocycles. The Bertz CT molecular complexity index is 971. The number of hydrogen-bond acceptors (Lipinski definition) is 5. The summed E-state index contributed by atoms with van der Waals surface area (Å²) in [5.74, 6) is -0.0459. The first kappa shape index (κ1) is 16.1. The summed E-state index contributed by atoms with van der Waals surface area (Å²) in [5, 5.41) is 0. The van der Waals surface area contributed by atoms with Gasteiger partial charge in [-0.3, -0.25) is 0 Å². The maximum atomic E-state index is 11.4. The highest BCUT2D eigenvalue weighted by atomic mass is 32.2. The average Bonchev–Trinajstić information content (AvgIpc) is 2.54. The van der Waals surface area contributed by atoms with Crippen LogP contribution in [-0.2, 0) is 10.1 Å². The summed E-state index contributed by atoms with van der Waals surface area (Å²) < 4.78 is 27.7. The standard InChI is InChI=1S/C18H16N2O3S/c1-13-8-6-7-11-15(13)18-17(14-9-4-3-5-10-14)19-12-16(20-18)23-24(2,21)22/h3-12H,1-2H3. The summed E-state index contributed by atoms with van der Waals surface area (Å²) in [4.78, 5) is 8.80. The van der Waals surface area contributed by atoms with E-state index in [1.165, 1.54) is 6.20 Å². The quantitative estimate of drug-likeness (QED) is 0.680. The van der Waals surface area contributed by atoms with Crippen LogP contribution in [0.5, 0.6) is 5.88 Å². The van der Waals surface area contributed by atoms with Crippen LogP contribution in [-0.4, -0.2) is 24.6 Å². The Morgan fingerprint density at radius 2 is 1.58 bits per heavy atom. The van der Waals surface area contributed by atoms with Gasteiger partial charge in [0.05, 0.1) is 18.1 Å². The largest absolute Gasteiger partial charge is 0.360 e. The smallest absolute Gasteiger partial charge is 0.307 e. The molecule has 0 fully saturated rings. The van der Waals surface area contributed by atoms with Crippen molar-refractivity contribution in [2.45, 2.75) is 6.92 Å². The zero-order valence-electron chi connectivity index (χ0n) is 13.3. The third kappa shape index (κ3) is 3.60. The first-order chi connectivity index (χ1) is 11.4. The monoisotopic (exact) mass is 340 g/mol. The molecule has 0 atom stereocenters. The fourth-order valence-corrected chi connectivity index (χ4v) is 2.79. The van der Waals surface area contributed by atoms with Crippen molar-refractivity contribution in [1.82, 2.24) is 9.97 Å². The lowest BCUT2D eigenvalue weighted by atomic mass is 10.0. The van der Waals surface area contributed by atoms with Gasteiger partial charge in [-0.2, -0.15) is 8.42 Å². The third-order valence-electron chi connectivity index (χ3n) is 3.43. The maximum Gasteiger partial charge on any atom is 0.307 e. The third-order valence-corrected chi connectivity index (χ3v) is 3.91. The van der Waals surface area contributed by atoms with Gasteiger partial charge < -0.3 is 4.18 Å². The second kappa shape index (κ2) is 6.41. The van der Waals surface area contributed by atoms with Gasteiger partial charge in [-0.25, -0.2) is 9.97 Å². The predicted molar refractivity (Wildman–Crippen MR) is 93.1 cm³/mol. The Morgan fingerprint density at radius 1 is 0.917 bits per heavy atom. The molecule has 1 aromatic heterocycles. The molecule has 5 nitrogen and oxygen atoms in total. The van der Waals surface area contributed by atoms with Crippen molar-refractivity contribution in [3.05, 3.63) is 66.4 Å². The van der Waals surface area contributed by atoms with Crippen molar-refractivity contribution in [3.8, 4) is 28.4 Å². The SMILES string of the molecule is Cc1ccccc1-c1nc(OS(C)(=O)=O)cnc1-c1ccccc1. The molecule has 0 bridgehead atoms. The van der Waals surface area contributed by atoms with E-state index in [-0.39, 0.29) is 5.88 Å². The van der Waals surface area contributed by atoms with Gasteiger partial charge in [0, 0.05) is 11.1 Å². The first-order valence-electron chi connectivity index (χ1n) is 7.32. The molecule has 0 aliphatic carbocycles. The van der Waals surface area contributed by atoms with E-state index < -0.39 is 10.1 Å². The van der Waals surface area contributed by atoms with Gasteiger partial charge in [0.25, 0.3) is 5.88 Å². The highest BCUT2D eigenvalue weighted by Crippen LogP contribution is 2.32. The molecule has 2 aromatic carbocycles. The number of benzene rings is 2. The summed E-state index contributed by atoms with van der Waals surface area (Å²) in [6, 6.07) is 17.4. The van der Waals surface area contributed by atoms with E-state index in [2.05, 4.69) is 9.97 Å². The number of aryl methyl sites for hydroxylation is 1. The van der Waals surface area contributed by atoms with Gasteiger partial charge in [0.1, 0.15) is 5.69 Å². The van der Waals surface area contributed by atoms with Crippen molar-refractivity contribution < 1.29 is 12.6 Å². The molecule has 3 rings (SSSR count). The van der Waals surface area contributed by atoms with Crippen molar-refractivity contribution in [2.75, 3.05) is 6.26 Å². The van der Waals surface area contributed by atoms with E-state index in [1.54, 1.807) is 0 Å². The van der Waals surface area contributed by atoms with Crippen LogP contribution in [0, 0.1) is 6.92 Å². The lowest BCUT2D eigenvalue weighted by Gasteiger charge is -2.12. The summed E-state index contributed by atoms with van der Waals surface area (Å²) in [5.41, 5.74) is 4.05. The second-order valence-corrected chi connectivity index (χ2v) is 6.95. The number of rotatable bonds is 4. The van der Waals surface area contributed by atoms with Crippen LogP contribution in [0.2, 0.25) is 0 Å². The van der Waals surface area contributed by atoms with Crippen molar-refractivity contribution in [2.24, 2.45) is 0 Å². The Labute approximate surface area is 141 Å². The fourth-order valence-electron chi connectivity index (χ4n) is 2.40. The minimum absolute atomic E-state index is 0.0459. The van der Waals surface area contributed by atoms with Crippen molar-refractivity contribution >= 4 is 10.1 Å². The zero-order valence-corrected chi connectivity index (χ0v) is 14.1. The summed E-state index contributed by atoms with van der Waals surface area (Å²) in [6.07, 6.45) is 2.30. The number of hydrogen-bond donors (Lipinski definition) is 0. The molecule has 24 heavy (non-hydrogen) atoms. The molecule has 0 amide bonds. The van der Waals surface area contributed by atoms with Crippen LogP contribution >= 0.6 is 0 Å². The molecule has 6 heteroatoms. The molecule has 0 N–H and O–H groups in total. The van der Waals surface area contributed by atoms with Crippen LogP contribution in [0.3, 0.4) is 0 Å². The molecular formula is C18H16N2O3S. The number of nitrogens with zero attached hydrogens (tertiary/aromatic N) is 2. The highest BCUT2D eigenvalue weighted by molar-refractivity contribution is 7.86. The molecule has 0 radical (unpaired) electrons. The van der Waals surface area contributed by atoms with Crippen LogP contribution in [0.4, 0.5) is 0 Å². The highest BCUT2D eigenvalue weighted by Gasteiger charge is 2.16. The topological polar surface area (TPSA) is 69.2 Å². The zero-order chi connectivity index (χ0) is 17.2. The van der Waals surface area contributed by atoms with E-state index in [4.69, 9.17) is 4.18 Å². The van der Waals surface area contributed by atoms with Crippen LogP contribution < -0.4 is 4.18 Å². The predicted octanol–water partition coefficient (Wildman–Crippen LogP) is 3.46. The van der Waals surface area contributed by atoms with E-state index in [1.807, 2.05) is 61.5 Å². The molecule has 0 aliphatic heterocycles. The second-order valence-electron chi connectivity index (χ2n) is 5.37. The van der Waals surface area contributed by atoms with E-state index in [9.17, 15) is 8.42 Å². The summed E-state index contributed by atoms with van der Waals surface area (Å²) in [6.45, 7) is 1.97. The van der Waals surface area contributed by atoms with Gasteiger partial charge in [0.15, 0.2) is 0 Å². The Balaban J connectivity index is 2.21. The molecule has 1 heterocycles. The minimum atomic E-state index is -3.67. The van der Waals surface area contributed by atoms with E-state index >= 15 is 0 Å². The van der Waals surface area contributed by atoms with Gasteiger partial charge in [-0.15, -0.1) is 0 Å². The van der Waals surface area contributed by atoms with Crippen LogP contribution in [0.25, 0.3) is 22.5 Å². The van der Waals surface area contributed by atoms with Crippen molar-refractivity contribution in [1.29, 1.82) is 0 Å². The van der Waals surface area contributed by atoms with Crippen LogP contribution in [0.15, 0.2) is 60.8 Å². The summed E-state index contributed by atoms with van der Waals surface area (Å²) in [7, 11) is -3.67. The first-order valence-corrected chi connectivity index (χ1v) is 9.13. The molecule has 0 aliphatic rings. The molecule has 3 aromatic rings. The van der Waals surface area contributed by atoms with Gasteiger partial charge >= 0.3 is 10.1 Å². The lowest BCUT2D eigenvalue weighted by Crippen LogP contribution is -2.08. The van der Waals surface area contributed by atoms with Gasteiger partial charge in [-0.05, 0) is 12.5 Å². The van der Waals surface area contributed by atoms with Crippen LogP contribution in [0.1, 0.15) is 5.56 Å². The van der Waals surface area contributed by atoms with Gasteiger partial charge in [-0.1, -0.05) is 54.6 Å². The minimum Gasteiger partial charge on any atom is -0.360 e. The molecule has 0 unspecified atom stereocenters. The molecular weight excluding hydrogens is 324 g/mol. The van der Waals surface area contributed by atoms with Crippen molar-refractivity contribution in [3.63, 3.8) is 0 Å². The number of aromatic nitrogens is 2. The average molecular weight is 340 g/mol. The van der Waals surface area contributed by atoms with E-state index in [0.717, 1.165) is 22.9 Å².